The van der Waals surface area contributed by atoms with Gasteiger partial charge in [0.1, 0.15) is 0 Å². The summed E-state index contributed by atoms with van der Waals surface area (Å²) in [6, 6.07) is 6.46. The number of aromatic carboxylic acids is 1. The molecule has 104 valence electrons. The summed E-state index contributed by atoms with van der Waals surface area (Å²) in [4.78, 5) is 31.3. The van der Waals surface area contributed by atoms with Crippen molar-refractivity contribution in [1.29, 1.82) is 0 Å². The van der Waals surface area contributed by atoms with Crippen LogP contribution in [0, 0.1) is 0 Å². The van der Waals surface area contributed by atoms with Crippen molar-refractivity contribution in [2.45, 2.75) is 0 Å². The Balaban J connectivity index is 1.91. The molecule has 1 amide bonds. The fourth-order valence-electron chi connectivity index (χ4n) is 1.87. The van der Waals surface area contributed by atoms with Gasteiger partial charge in [-0.25, -0.2) is 9.78 Å². The van der Waals surface area contributed by atoms with Crippen molar-refractivity contribution in [3.05, 3.63) is 53.3 Å². The summed E-state index contributed by atoms with van der Waals surface area (Å²) in [5.41, 5.74) is 3.13. The Hall–Kier alpha value is -2.80. The van der Waals surface area contributed by atoms with Gasteiger partial charge in [-0.2, -0.15) is 0 Å². The molecule has 0 aliphatic rings. The van der Waals surface area contributed by atoms with Crippen LogP contribution in [0.3, 0.4) is 0 Å². The number of carboxylic acid groups (broad SMARTS) is 1. The van der Waals surface area contributed by atoms with Crippen LogP contribution in [0.25, 0.3) is 10.2 Å². The monoisotopic (exact) mass is 299 g/mol. The quantitative estimate of drug-likeness (QED) is 0.775. The maximum Gasteiger partial charge on any atom is 0.337 e. The van der Waals surface area contributed by atoms with Crippen LogP contribution in [-0.2, 0) is 0 Å². The molecule has 3 rings (SSSR count). The fourth-order valence-corrected chi connectivity index (χ4v) is 2.59. The third-order valence-electron chi connectivity index (χ3n) is 2.89. The van der Waals surface area contributed by atoms with Crippen LogP contribution in [0.1, 0.15) is 20.7 Å². The first-order chi connectivity index (χ1) is 10.1. The molecule has 0 radical (unpaired) electrons. The minimum Gasteiger partial charge on any atom is -0.478 e. The highest BCUT2D eigenvalue weighted by Gasteiger charge is 2.14. The van der Waals surface area contributed by atoms with Gasteiger partial charge < -0.3 is 10.4 Å². The van der Waals surface area contributed by atoms with Crippen LogP contribution in [0.4, 0.5) is 5.69 Å². The van der Waals surface area contributed by atoms with Crippen LogP contribution in [-0.4, -0.2) is 27.0 Å². The number of nitrogens with zero attached hydrogens (tertiary/aromatic N) is 2. The van der Waals surface area contributed by atoms with E-state index in [4.69, 9.17) is 5.11 Å². The summed E-state index contributed by atoms with van der Waals surface area (Å²) < 4.78 is 0.896. The average molecular weight is 299 g/mol. The molecule has 0 atom stereocenters. The number of aromatic nitrogens is 2. The van der Waals surface area contributed by atoms with Crippen molar-refractivity contribution in [3.63, 3.8) is 0 Å². The average Bonchev–Trinajstić information content (AvgIpc) is 2.94. The number of carbonyl (C=O) groups is 2. The van der Waals surface area contributed by atoms with Crippen molar-refractivity contribution in [2.24, 2.45) is 0 Å². The minimum absolute atomic E-state index is 0.00258. The summed E-state index contributed by atoms with van der Waals surface area (Å²) in [5.74, 6) is -1.51. The molecule has 0 aliphatic carbocycles. The number of thiazole rings is 1. The summed E-state index contributed by atoms with van der Waals surface area (Å²) in [7, 11) is 0. The number of fused-ring (bicyclic) bond motifs is 1. The lowest BCUT2D eigenvalue weighted by atomic mass is 10.2. The molecule has 0 saturated heterocycles. The van der Waals surface area contributed by atoms with E-state index in [1.807, 2.05) is 0 Å². The van der Waals surface area contributed by atoms with Gasteiger partial charge in [0.15, 0.2) is 0 Å². The first-order valence-corrected chi connectivity index (χ1v) is 6.85. The van der Waals surface area contributed by atoms with Gasteiger partial charge in [-0.3, -0.25) is 9.78 Å². The van der Waals surface area contributed by atoms with Gasteiger partial charge in [0.05, 0.1) is 33.2 Å². The number of nitrogens with one attached hydrogen (secondary N) is 1. The lowest BCUT2D eigenvalue weighted by Gasteiger charge is -2.07. The second-order valence-corrected chi connectivity index (χ2v) is 5.10. The molecule has 3 aromatic rings. The number of anilines is 1. The molecule has 2 N–H and O–H groups in total. The highest BCUT2D eigenvalue weighted by atomic mass is 32.1. The molecule has 2 heterocycles. The molecule has 0 bridgehead atoms. The van der Waals surface area contributed by atoms with Gasteiger partial charge in [0, 0.05) is 11.8 Å². The van der Waals surface area contributed by atoms with E-state index in [1.54, 1.807) is 23.7 Å². The molecular formula is C14H9N3O3S. The Labute approximate surface area is 123 Å². The van der Waals surface area contributed by atoms with Crippen molar-refractivity contribution in [2.75, 3.05) is 5.32 Å². The number of rotatable bonds is 3. The second kappa shape index (κ2) is 5.29. The van der Waals surface area contributed by atoms with Crippen LogP contribution in [0.15, 0.2) is 42.2 Å². The second-order valence-electron chi connectivity index (χ2n) is 4.22. The third-order valence-corrected chi connectivity index (χ3v) is 3.68. The molecule has 0 unspecified atom stereocenters. The van der Waals surface area contributed by atoms with E-state index in [0.717, 1.165) is 10.2 Å². The van der Waals surface area contributed by atoms with Gasteiger partial charge in [-0.1, -0.05) is 0 Å². The predicted molar refractivity (Wildman–Crippen MR) is 78.8 cm³/mol. The van der Waals surface area contributed by atoms with E-state index < -0.39 is 5.97 Å². The Morgan fingerprint density at radius 1 is 1.24 bits per heavy atom. The number of hydrogen-bond donors (Lipinski definition) is 2. The Morgan fingerprint density at radius 3 is 2.90 bits per heavy atom. The van der Waals surface area contributed by atoms with Gasteiger partial charge in [-0.05, 0) is 24.3 Å². The Kier molecular flexibility index (Phi) is 3.33. The Morgan fingerprint density at radius 2 is 2.10 bits per heavy atom. The van der Waals surface area contributed by atoms with Gasteiger partial charge in [-0.15, -0.1) is 11.3 Å². The van der Waals surface area contributed by atoms with E-state index in [-0.39, 0.29) is 17.2 Å². The van der Waals surface area contributed by atoms with E-state index in [9.17, 15) is 9.59 Å². The van der Waals surface area contributed by atoms with Crippen LogP contribution < -0.4 is 5.32 Å². The zero-order chi connectivity index (χ0) is 14.8. The standard InChI is InChI=1S/C14H9N3O3S/c18-13(8-1-2-10-12(5-8)21-7-16-10)17-11-6-15-4-3-9(11)14(19)20/h1-7H,(H,17,18)(H,19,20). The predicted octanol–water partition coefficient (Wildman–Crippen LogP) is 2.64. The maximum absolute atomic E-state index is 12.2. The van der Waals surface area contributed by atoms with Crippen molar-refractivity contribution < 1.29 is 14.7 Å². The number of carboxylic acids is 1. The smallest absolute Gasteiger partial charge is 0.337 e. The zero-order valence-electron chi connectivity index (χ0n) is 10.6. The fraction of sp³-hybridized carbons (Fsp3) is 0. The number of amides is 1. The maximum atomic E-state index is 12.2. The molecule has 0 aliphatic heterocycles. The number of benzene rings is 1. The number of hydrogen-bond acceptors (Lipinski definition) is 5. The van der Waals surface area contributed by atoms with E-state index in [0.29, 0.717) is 5.56 Å². The SMILES string of the molecule is O=C(Nc1cnccc1C(=O)O)c1ccc2ncsc2c1. The topological polar surface area (TPSA) is 92.2 Å². The van der Waals surface area contributed by atoms with Crippen LogP contribution >= 0.6 is 11.3 Å². The number of carbonyl (C=O) groups excluding carboxylic acids is 1. The normalized spacial score (nSPS) is 10.5. The molecule has 2 aromatic heterocycles. The minimum atomic E-state index is -1.12. The van der Waals surface area contributed by atoms with Gasteiger partial charge in [0.25, 0.3) is 5.91 Å². The molecule has 0 spiro atoms. The third kappa shape index (κ3) is 2.59. The molecule has 1 aromatic carbocycles. The molecule has 6 nitrogen and oxygen atoms in total. The molecule has 21 heavy (non-hydrogen) atoms. The lowest BCUT2D eigenvalue weighted by molar-refractivity contribution is 0.0698. The first kappa shape index (κ1) is 13.2. The zero-order valence-corrected chi connectivity index (χ0v) is 11.4. The van der Waals surface area contributed by atoms with Crippen molar-refractivity contribution in [1.82, 2.24) is 9.97 Å². The lowest BCUT2D eigenvalue weighted by Crippen LogP contribution is -2.15. The highest BCUT2D eigenvalue weighted by molar-refractivity contribution is 7.16. The first-order valence-electron chi connectivity index (χ1n) is 5.97. The Bertz CT molecular complexity index is 844. The summed E-state index contributed by atoms with van der Waals surface area (Å²) in [6.45, 7) is 0. The van der Waals surface area contributed by atoms with Crippen LogP contribution in [0.5, 0.6) is 0 Å². The molecular weight excluding hydrogens is 290 g/mol. The van der Waals surface area contributed by atoms with E-state index >= 15 is 0 Å². The summed E-state index contributed by atoms with van der Waals surface area (Å²) in [6.07, 6.45) is 2.68. The van der Waals surface area contributed by atoms with Crippen LogP contribution in [0.2, 0.25) is 0 Å². The summed E-state index contributed by atoms with van der Waals surface area (Å²) in [5, 5.41) is 11.6. The molecule has 0 saturated carbocycles. The molecule has 7 heteroatoms. The largest absolute Gasteiger partial charge is 0.478 e. The van der Waals surface area contributed by atoms with E-state index in [2.05, 4.69) is 15.3 Å². The summed E-state index contributed by atoms with van der Waals surface area (Å²) >= 11 is 1.44. The van der Waals surface area contributed by atoms with Gasteiger partial charge >= 0.3 is 5.97 Å². The van der Waals surface area contributed by atoms with Gasteiger partial charge in [0.2, 0.25) is 0 Å². The molecule has 0 fully saturated rings. The van der Waals surface area contributed by atoms with Crippen molar-refractivity contribution >= 4 is 39.1 Å². The highest BCUT2D eigenvalue weighted by Crippen LogP contribution is 2.20. The van der Waals surface area contributed by atoms with Crippen molar-refractivity contribution in [3.8, 4) is 0 Å². The number of pyridine rings is 1. The van der Waals surface area contributed by atoms with E-state index in [1.165, 1.54) is 29.8 Å².